The van der Waals surface area contributed by atoms with Crippen LogP contribution in [0.2, 0.25) is 5.02 Å². The molecule has 2 aliphatic rings. The number of aryl methyl sites for hydroxylation is 1. The van der Waals surface area contributed by atoms with Gasteiger partial charge in [-0.15, -0.1) is 16.9 Å². The number of carbonyl (C=O) groups excluding carboxylic acids is 2. The molecule has 1 atom stereocenters. The molecule has 2 amide bonds. The van der Waals surface area contributed by atoms with Crippen LogP contribution in [-0.2, 0) is 4.79 Å². The molecule has 0 spiro atoms. The van der Waals surface area contributed by atoms with Crippen LogP contribution >= 0.6 is 23.4 Å². The minimum Gasteiger partial charge on any atom is -0.324 e. The summed E-state index contributed by atoms with van der Waals surface area (Å²) in [6, 6.07) is 12.6. The van der Waals surface area contributed by atoms with E-state index >= 15 is 0 Å². The fourth-order valence-corrected chi connectivity index (χ4v) is 5.28. The molecular weight excluding hydrogens is 458 g/mol. The average Bonchev–Trinajstić information content (AvgIpc) is 3.36. The van der Waals surface area contributed by atoms with E-state index in [1.807, 2.05) is 50.2 Å². The van der Waals surface area contributed by atoms with Crippen molar-refractivity contribution in [1.82, 2.24) is 19.7 Å². The summed E-state index contributed by atoms with van der Waals surface area (Å²) in [5.74, 6) is 1.53. The first kappa shape index (κ1) is 22.0. The van der Waals surface area contributed by atoms with Gasteiger partial charge < -0.3 is 10.2 Å². The van der Waals surface area contributed by atoms with Gasteiger partial charge in [0.1, 0.15) is 11.9 Å². The number of rotatable bonds is 5. The number of anilines is 1. The molecule has 170 valence electrons. The topological polar surface area (TPSA) is 80.1 Å². The maximum atomic E-state index is 13.4. The number of halogens is 1. The van der Waals surface area contributed by atoms with Crippen molar-refractivity contribution in [1.29, 1.82) is 0 Å². The van der Waals surface area contributed by atoms with E-state index in [1.165, 1.54) is 0 Å². The molecule has 9 heteroatoms. The van der Waals surface area contributed by atoms with Crippen molar-refractivity contribution in [3.8, 4) is 5.69 Å². The maximum Gasteiger partial charge on any atom is 0.294 e. The highest BCUT2D eigenvalue weighted by Crippen LogP contribution is 2.40. The molecule has 1 unspecified atom stereocenters. The molecule has 1 saturated carbocycles. The number of para-hydroxylation sites is 1. The molecule has 0 radical (unpaired) electrons. The van der Waals surface area contributed by atoms with Crippen LogP contribution in [0.1, 0.15) is 46.3 Å². The van der Waals surface area contributed by atoms with Gasteiger partial charge in [-0.3, -0.25) is 9.59 Å². The molecule has 2 heterocycles. The van der Waals surface area contributed by atoms with E-state index in [-0.39, 0.29) is 23.6 Å². The van der Waals surface area contributed by atoms with E-state index in [4.69, 9.17) is 11.6 Å². The highest BCUT2D eigenvalue weighted by molar-refractivity contribution is 7.99. The Balaban J connectivity index is 1.41. The zero-order chi connectivity index (χ0) is 23.1. The molecule has 2 fully saturated rings. The van der Waals surface area contributed by atoms with Gasteiger partial charge in [-0.25, -0.2) is 9.67 Å². The van der Waals surface area contributed by atoms with E-state index in [0.717, 1.165) is 35.5 Å². The predicted molar refractivity (Wildman–Crippen MR) is 130 cm³/mol. The molecule has 0 bridgehead atoms. The SMILES string of the molecule is Cc1cccc(NC(=O)C2CSCN2C(=O)c2nc(C3CC3)n(-c3ccccc3Cl)n2)c1C. The first-order valence-corrected chi connectivity index (χ1v) is 12.4. The highest BCUT2D eigenvalue weighted by atomic mass is 35.5. The number of carbonyl (C=O) groups is 2. The van der Waals surface area contributed by atoms with E-state index in [9.17, 15) is 9.59 Å². The number of hydrogen-bond donors (Lipinski definition) is 1. The predicted octanol–water partition coefficient (Wildman–Crippen LogP) is 4.57. The molecule has 5 rings (SSSR count). The van der Waals surface area contributed by atoms with Crippen LogP contribution in [0.25, 0.3) is 5.69 Å². The number of amides is 2. The molecule has 33 heavy (non-hydrogen) atoms. The summed E-state index contributed by atoms with van der Waals surface area (Å²) in [7, 11) is 0. The first-order valence-electron chi connectivity index (χ1n) is 10.9. The third-order valence-electron chi connectivity index (χ3n) is 6.15. The van der Waals surface area contributed by atoms with Gasteiger partial charge in [-0.1, -0.05) is 35.9 Å². The Kier molecular flexibility index (Phi) is 5.88. The van der Waals surface area contributed by atoms with Crippen molar-refractivity contribution in [3.05, 3.63) is 70.3 Å². The summed E-state index contributed by atoms with van der Waals surface area (Å²) in [6.45, 7) is 3.98. The smallest absolute Gasteiger partial charge is 0.294 e. The summed E-state index contributed by atoms with van der Waals surface area (Å²) in [4.78, 5) is 32.7. The van der Waals surface area contributed by atoms with Gasteiger partial charge in [0.15, 0.2) is 0 Å². The molecule has 1 aliphatic carbocycles. The van der Waals surface area contributed by atoms with Gasteiger partial charge in [0.05, 0.1) is 16.6 Å². The van der Waals surface area contributed by atoms with Gasteiger partial charge in [0, 0.05) is 17.4 Å². The normalized spacial score (nSPS) is 17.9. The average molecular weight is 482 g/mol. The van der Waals surface area contributed by atoms with Crippen LogP contribution in [0.4, 0.5) is 5.69 Å². The van der Waals surface area contributed by atoms with E-state index < -0.39 is 6.04 Å². The number of benzene rings is 2. The summed E-state index contributed by atoms with van der Waals surface area (Å²) in [6.07, 6.45) is 2.02. The lowest BCUT2D eigenvalue weighted by Gasteiger charge is -2.22. The van der Waals surface area contributed by atoms with Gasteiger partial charge in [-0.2, -0.15) is 0 Å². The maximum absolute atomic E-state index is 13.4. The fraction of sp³-hybridized carbons (Fsp3) is 0.333. The van der Waals surface area contributed by atoms with Gasteiger partial charge in [0.25, 0.3) is 5.91 Å². The number of nitrogens with one attached hydrogen (secondary N) is 1. The van der Waals surface area contributed by atoms with Crippen LogP contribution in [0.3, 0.4) is 0 Å². The Morgan fingerprint density at radius 1 is 1.12 bits per heavy atom. The largest absolute Gasteiger partial charge is 0.324 e. The molecule has 7 nitrogen and oxygen atoms in total. The third-order valence-corrected chi connectivity index (χ3v) is 7.49. The Hall–Kier alpha value is -2.84. The van der Waals surface area contributed by atoms with Crippen molar-refractivity contribution in [2.45, 2.75) is 38.6 Å². The lowest BCUT2D eigenvalue weighted by Crippen LogP contribution is -2.45. The molecule has 1 N–H and O–H groups in total. The van der Waals surface area contributed by atoms with Crippen molar-refractivity contribution < 1.29 is 9.59 Å². The van der Waals surface area contributed by atoms with Crippen molar-refractivity contribution in [3.63, 3.8) is 0 Å². The minimum absolute atomic E-state index is 0.101. The lowest BCUT2D eigenvalue weighted by molar-refractivity contribution is -0.119. The molecular formula is C24H24ClN5O2S. The molecule has 1 aromatic heterocycles. The summed E-state index contributed by atoms with van der Waals surface area (Å²) >= 11 is 7.95. The highest BCUT2D eigenvalue weighted by Gasteiger charge is 2.38. The zero-order valence-electron chi connectivity index (χ0n) is 18.4. The summed E-state index contributed by atoms with van der Waals surface area (Å²) in [5.41, 5.74) is 3.58. The molecule has 2 aromatic carbocycles. The van der Waals surface area contributed by atoms with Crippen LogP contribution in [0, 0.1) is 13.8 Å². The minimum atomic E-state index is -0.584. The van der Waals surface area contributed by atoms with Crippen LogP contribution in [0.15, 0.2) is 42.5 Å². The van der Waals surface area contributed by atoms with Gasteiger partial charge in [0.2, 0.25) is 11.7 Å². The van der Waals surface area contributed by atoms with E-state index in [2.05, 4.69) is 15.4 Å². The second kappa shape index (κ2) is 8.83. The third kappa shape index (κ3) is 4.25. The van der Waals surface area contributed by atoms with Gasteiger partial charge >= 0.3 is 0 Å². The van der Waals surface area contributed by atoms with Crippen LogP contribution < -0.4 is 5.32 Å². The van der Waals surface area contributed by atoms with E-state index in [1.54, 1.807) is 27.4 Å². The molecule has 3 aromatic rings. The van der Waals surface area contributed by atoms with Gasteiger partial charge in [-0.05, 0) is 56.0 Å². The van der Waals surface area contributed by atoms with Crippen LogP contribution in [0.5, 0.6) is 0 Å². The standard InChI is InChI=1S/C24H24ClN5O2S/c1-14-6-5-8-18(15(14)2)26-23(31)20-12-33-13-29(20)24(32)21-27-22(16-10-11-16)30(28-21)19-9-4-3-7-17(19)25/h3-9,16,20H,10-13H2,1-2H3,(H,26,31). The second-order valence-corrected chi connectivity index (χ2v) is 9.87. The van der Waals surface area contributed by atoms with Crippen LogP contribution in [-0.4, -0.2) is 49.2 Å². The lowest BCUT2D eigenvalue weighted by atomic mass is 10.1. The summed E-state index contributed by atoms with van der Waals surface area (Å²) < 4.78 is 1.68. The van der Waals surface area contributed by atoms with E-state index in [0.29, 0.717) is 22.3 Å². The van der Waals surface area contributed by atoms with Crippen molar-refractivity contribution in [2.75, 3.05) is 16.9 Å². The number of nitrogens with zero attached hydrogens (tertiary/aromatic N) is 4. The fourth-order valence-electron chi connectivity index (χ4n) is 3.91. The molecule has 1 aliphatic heterocycles. The number of hydrogen-bond acceptors (Lipinski definition) is 5. The monoisotopic (exact) mass is 481 g/mol. The summed E-state index contributed by atoms with van der Waals surface area (Å²) in [5, 5.41) is 8.08. The first-order chi connectivity index (χ1) is 15.9. The quantitative estimate of drug-likeness (QED) is 0.577. The Labute approximate surface area is 201 Å². The Morgan fingerprint density at radius 3 is 2.67 bits per heavy atom. The second-order valence-electron chi connectivity index (χ2n) is 8.46. The number of thioether (sulfide) groups is 1. The zero-order valence-corrected chi connectivity index (χ0v) is 20.0. The Bertz CT molecular complexity index is 1240. The Morgan fingerprint density at radius 2 is 1.91 bits per heavy atom. The molecule has 1 saturated heterocycles. The number of aromatic nitrogens is 3. The van der Waals surface area contributed by atoms with Crippen molar-refractivity contribution >= 4 is 40.9 Å². The van der Waals surface area contributed by atoms with Crippen molar-refractivity contribution in [2.24, 2.45) is 0 Å².